The fourth-order valence-electron chi connectivity index (χ4n) is 2.50. The summed E-state index contributed by atoms with van der Waals surface area (Å²) in [6.07, 6.45) is -0.148. The van der Waals surface area contributed by atoms with E-state index in [0.29, 0.717) is 16.7 Å². The summed E-state index contributed by atoms with van der Waals surface area (Å²) < 4.78 is 6.08. The van der Waals surface area contributed by atoms with Crippen molar-refractivity contribution in [2.24, 2.45) is 0 Å². The predicted molar refractivity (Wildman–Crippen MR) is 123 cm³/mol. The van der Waals surface area contributed by atoms with Crippen LogP contribution in [-0.4, -0.2) is 55.0 Å². The number of benzene rings is 2. The van der Waals surface area contributed by atoms with Crippen LogP contribution in [0.1, 0.15) is 17.4 Å². The molecule has 0 bridgehead atoms. The number of hydrogen-bond donors (Lipinski definition) is 0. The quantitative estimate of drug-likeness (QED) is 0.543. The molecule has 2 rings (SSSR count). The molecule has 1 atom stereocenters. The summed E-state index contributed by atoms with van der Waals surface area (Å²) in [7, 11) is 6.07. The number of ether oxygens (including phenoxy) is 1. The summed E-state index contributed by atoms with van der Waals surface area (Å²) >= 11 is 12.1. The van der Waals surface area contributed by atoms with Crippen molar-refractivity contribution in [2.45, 2.75) is 12.8 Å². The second-order valence-corrected chi connectivity index (χ2v) is 6.90. The number of nitrogens with zero attached hydrogens (tertiary/aromatic N) is 2. The van der Waals surface area contributed by atoms with Crippen LogP contribution >= 0.6 is 48.0 Å². The van der Waals surface area contributed by atoms with Gasteiger partial charge in [-0.1, -0.05) is 59.6 Å². The highest BCUT2D eigenvalue weighted by atomic mass is 35.5. The molecule has 0 radical (unpaired) electrons. The normalized spacial score (nSPS) is 11.0. The highest BCUT2D eigenvalue weighted by Crippen LogP contribution is 2.28. The van der Waals surface area contributed by atoms with E-state index in [1.807, 2.05) is 37.2 Å². The Kier molecular flexibility index (Phi) is 18.6. The molecule has 0 amide bonds. The minimum atomic E-state index is -0.148. The van der Waals surface area contributed by atoms with Crippen molar-refractivity contribution in [2.75, 3.05) is 34.3 Å². The molecule has 2 aromatic carbocycles. The topological polar surface area (TPSA) is 78.7 Å². The molecule has 162 valence electrons. The fraction of sp³-hybridized carbons (Fsp3) is 0.368. The standard InChI is InChI=1S/C19H24Cl2N2O.2ClH.2H2O/c1-22(2)19(16-9-10-17(20)18(21)13-16)24-12-11-23(3)14-15-7-5-4-6-8-15;;;;/h4-10,13,19H,11-12,14H2,1-3H3;2*1H;2*1H2. The summed E-state index contributed by atoms with van der Waals surface area (Å²) in [4.78, 5) is 4.27. The zero-order valence-corrected chi connectivity index (χ0v) is 19.3. The summed E-state index contributed by atoms with van der Waals surface area (Å²) in [6, 6.07) is 16.0. The van der Waals surface area contributed by atoms with Gasteiger partial charge in [-0.2, -0.15) is 0 Å². The second kappa shape index (κ2) is 16.2. The van der Waals surface area contributed by atoms with Crippen LogP contribution in [0.15, 0.2) is 48.5 Å². The van der Waals surface area contributed by atoms with Gasteiger partial charge in [-0.15, -0.1) is 24.8 Å². The first kappa shape index (κ1) is 32.1. The van der Waals surface area contributed by atoms with E-state index in [4.69, 9.17) is 27.9 Å². The molecular formula is C19H30Cl4N2O3. The van der Waals surface area contributed by atoms with Crippen LogP contribution in [0.5, 0.6) is 0 Å². The Morgan fingerprint density at radius 3 is 2.04 bits per heavy atom. The van der Waals surface area contributed by atoms with E-state index in [9.17, 15) is 0 Å². The van der Waals surface area contributed by atoms with Crippen molar-refractivity contribution in [3.05, 3.63) is 69.7 Å². The van der Waals surface area contributed by atoms with Gasteiger partial charge in [0.25, 0.3) is 0 Å². The Morgan fingerprint density at radius 1 is 0.893 bits per heavy atom. The molecule has 0 heterocycles. The van der Waals surface area contributed by atoms with Gasteiger partial charge in [-0.05, 0) is 44.4 Å². The second-order valence-electron chi connectivity index (χ2n) is 6.08. The maximum Gasteiger partial charge on any atom is 0.136 e. The van der Waals surface area contributed by atoms with Crippen LogP contribution in [0.4, 0.5) is 0 Å². The van der Waals surface area contributed by atoms with Crippen LogP contribution in [0.3, 0.4) is 0 Å². The highest BCUT2D eigenvalue weighted by molar-refractivity contribution is 6.42. The first-order valence-electron chi connectivity index (χ1n) is 7.93. The van der Waals surface area contributed by atoms with Crippen LogP contribution < -0.4 is 0 Å². The van der Waals surface area contributed by atoms with Gasteiger partial charge in [0.05, 0.1) is 16.7 Å². The van der Waals surface area contributed by atoms with Crippen LogP contribution in [-0.2, 0) is 11.3 Å². The van der Waals surface area contributed by atoms with E-state index >= 15 is 0 Å². The molecular weight excluding hydrogens is 446 g/mol. The molecule has 4 N–H and O–H groups in total. The molecule has 0 aliphatic rings. The Labute approximate surface area is 190 Å². The molecule has 0 saturated carbocycles. The van der Waals surface area contributed by atoms with Gasteiger partial charge in [-0.25, -0.2) is 0 Å². The molecule has 1 unspecified atom stereocenters. The lowest BCUT2D eigenvalue weighted by Crippen LogP contribution is -2.28. The predicted octanol–water partition coefficient (Wildman–Crippen LogP) is 3.90. The third-order valence-electron chi connectivity index (χ3n) is 3.74. The lowest BCUT2D eigenvalue weighted by atomic mass is 10.2. The average Bonchev–Trinajstić information content (AvgIpc) is 2.55. The van der Waals surface area contributed by atoms with Crippen LogP contribution in [0, 0.1) is 0 Å². The third kappa shape index (κ3) is 10.3. The van der Waals surface area contributed by atoms with Gasteiger partial charge in [0.2, 0.25) is 0 Å². The van der Waals surface area contributed by atoms with E-state index in [2.05, 4.69) is 36.2 Å². The molecule has 0 aliphatic carbocycles. The minimum absolute atomic E-state index is 0. The molecule has 0 spiro atoms. The largest absolute Gasteiger partial charge is 0.412 e. The van der Waals surface area contributed by atoms with Gasteiger partial charge in [0.15, 0.2) is 0 Å². The van der Waals surface area contributed by atoms with E-state index in [-0.39, 0.29) is 42.0 Å². The van der Waals surface area contributed by atoms with Crippen molar-refractivity contribution in [3.63, 3.8) is 0 Å². The van der Waals surface area contributed by atoms with Crippen molar-refractivity contribution in [3.8, 4) is 0 Å². The van der Waals surface area contributed by atoms with Crippen molar-refractivity contribution in [1.82, 2.24) is 9.80 Å². The van der Waals surface area contributed by atoms with E-state index in [1.165, 1.54) is 5.56 Å². The molecule has 0 aliphatic heterocycles. The zero-order valence-electron chi connectivity index (χ0n) is 16.2. The Hall–Kier alpha value is -0.600. The molecule has 0 saturated heterocycles. The molecule has 2 aromatic rings. The Morgan fingerprint density at radius 2 is 1.50 bits per heavy atom. The number of rotatable bonds is 8. The molecule has 9 heteroatoms. The highest BCUT2D eigenvalue weighted by Gasteiger charge is 2.16. The van der Waals surface area contributed by atoms with Crippen molar-refractivity contribution < 1.29 is 15.7 Å². The van der Waals surface area contributed by atoms with Gasteiger partial charge >= 0.3 is 0 Å². The summed E-state index contributed by atoms with van der Waals surface area (Å²) in [5.74, 6) is 0. The summed E-state index contributed by atoms with van der Waals surface area (Å²) in [6.45, 7) is 2.39. The van der Waals surface area contributed by atoms with E-state index in [1.54, 1.807) is 6.07 Å². The molecule has 0 fully saturated rings. The number of likely N-dealkylation sites (N-methyl/N-ethyl adjacent to an activating group) is 1. The third-order valence-corrected chi connectivity index (χ3v) is 4.48. The first-order chi connectivity index (χ1) is 11.5. The Balaban J connectivity index is -0.00000156. The minimum Gasteiger partial charge on any atom is -0.412 e. The van der Waals surface area contributed by atoms with Gasteiger partial charge in [-0.3, -0.25) is 9.80 Å². The average molecular weight is 476 g/mol. The van der Waals surface area contributed by atoms with Crippen LogP contribution in [0.2, 0.25) is 10.0 Å². The van der Waals surface area contributed by atoms with Gasteiger partial charge in [0, 0.05) is 13.1 Å². The maximum absolute atomic E-state index is 6.12. The van der Waals surface area contributed by atoms with Gasteiger partial charge in [0.1, 0.15) is 6.23 Å². The van der Waals surface area contributed by atoms with E-state index < -0.39 is 0 Å². The zero-order chi connectivity index (χ0) is 17.5. The molecule has 5 nitrogen and oxygen atoms in total. The molecule has 28 heavy (non-hydrogen) atoms. The smallest absolute Gasteiger partial charge is 0.136 e. The first-order valence-corrected chi connectivity index (χ1v) is 8.68. The molecule has 0 aromatic heterocycles. The SMILES string of the molecule is CN(CCOC(c1ccc(Cl)c(Cl)c1)N(C)C)Cc1ccccc1.Cl.Cl.O.O. The van der Waals surface area contributed by atoms with Crippen LogP contribution in [0.25, 0.3) is 0 Å². The van der Waals surface area contributed by atoms with Crippen molar-refractivity contribution in [1.29, 1.82) is 0 Å². The van der Waals surface area contributed by atoms with Gasteiger partial charge < -0.3 is 15.7 Å². The lowest BCUT2D eigenvalue weighted by molar-refractivity contribution is -0.0442. The maximum atomic E-state index is 6.12. The van der Waals surface area contributed by atoms with Crippen molar-refractivity contribution >= 4 is 48.0 Å². The lowest BCUT2D eigenvalue weighted by Gasteiger charge is -2.26. The fourth-order valence-corrected chi connectivity index (χ4v) is 2.81. The summed E-state index contributed by atoms with van der Waals surface area (Å²) in [5, 5.41) is 1.10. The number of hydrogen-bond acceptors (Lipinski definition) is 3. The van der Waals surface area contributed by atoms with E-state index in [0.717, 1.165) is 18.7 Å². The monoisotopic (exact) mass is 474 g/mol. The Bertz CT molecular complexity index is 648. The summed E-state index contributed by atoms with van der Waals surface area (Å²) in [5.41, 5.74) is 2.30. The number of halogens is 4.